The predicted octanol–water partition coefficient (Wildman–Crippen LogP) is 1.40. The number of nitrogens with one attached hydrogen (secondary N) is 1. The van der Waals surface area contributed by atoms with Gasteiger partial charge in [0.1, 0.15) is 6.10 Å². The Balaban J connectivity index is 1.84. The Kier molecular flexibility index (Phi) is 4.41. The number of carbonyl (C=O) groups excluding carboxylic acids is 1. The standard InChI is InChI=1S/C18H20N2O3/c1-11-4-2-5-12(8-11)14-9-15(21)17(22)16(14)20-18(23)13-6-3-7-19-10-13/h2-8,10,14-17,21-22H,9H2,1H3,(H,20,23). The summed E-state index contributed by atoms with van der Waals surface area (Å²) in [6.45, 7) is 1.99. The van der Waals surface area contributed by atoms with Crippen molar-refractivity contribution < 1.29 is 15.0 Å². The third-order valence-electron chi connectivity index (χ3n) is 4.38. The van der Waals surface area contributed by atoms with Gasteiger partial charge in [-0.15, -0.1) is 0 Å². The van der Waals surface area contributed by atoms with Crippen LogP contribution in [0.5, 0.6) is 0 Å². The van der Waals surface area contributed by atoms with E-state index < -0.39 is 18.2 Å². The molecule has 4 unspecified atom stereocenters. The number of rotatable bonds is 3. The van der Waals surface area contributed by atoms with Crippen molar-refractivity contribution in [1.29, 1.82) is 0 Å². The zero-order valence-electron chi connectivity index (χ0n) is 12.9. The molecule has 23 heavy (non-hydrogen) atoms. The number of hydrogen-bond acceptors (Lipinski definition) is 4. The Hall–Kier alpha value is -2.24. The second-order valence-corrected chi connectivity index (χ2v) is 6.06. The van der Waals surface area contributed by atoms with Crippen LogP contribution in [0.4, 0.5) is 0 Å². The molecule has 1 aromatic carbocycles. The van der Waals surface area contributed by atoms with Gasteiger partial charge in [-0.05, 0) is 31.0 Å². The summed E-state index contributed by atoms with van der Waals surface area (Å²) in [5, 5.41) is 23.2. The third kappa shape index (κ3) is 3.25. The van der Waals surface area contributed by atoms with Crippen molar-refractivity contribution in [2.45, 2.75) is 37.5 Å². The number of nitrogens with zero attached hydrogens (tertiary/aromatic N) is 1. The molecule has 1 fully saturated rings. The van der Waals surface area contributed by atoms with Crippen molar-refractivity contribution >= 4 is 5.91 Å². The van der Waals surface area contributed by atoms with Crippen LogP contribution in [0.15, 0.2) is 48.8 Å². The van der Waals surface area contributed by atoms with Gasteiger partial charge in [-0.1, -0.05) is 29.8 Å². The molecular weight excluding hydrogens is 292 g/mol. The van der Waals surface area contributed by atoms with Crippen LogP contribution in [0.25, 0.3) is 0 Å². The molecule has 5 nitrogen and oxygen atoms in total. The maximum absolute atomic E-state index is 12.4. The lowest BCUT2D eigenvalue weighted by Gasteiger charge is -2.24. The summed E-state index contributed by atoms with van der Waals surface area (Å²) in [5.41, 5.74) is 2.55. The number of aromatic nitrogens is 1. The molecule has 5 heteroatoms. The van der Waals surface area contributed by atoms with E-state index in [0.29, 0.717) is 12.0 Å². The molecule has 1 saturated carbocycles. The lowest BCUT2D eigenvalue weighted by atomic mass is 9.92. The Labute approximate surface area is 135 Å². The van der Waals surface area contributed by atoms with Crippen molar-refractivity contribution in [3.05, 3.63) is 65.5 Å². The molecular formula is C18H20N2O3. The van der Waals surface area contributed by atoms with Crippen molar-refractivity contribution in [2.24, 2.45) is 0 Å². The largest absolute Gasteiger partial charge is 0.390 e. The van der Waals surface area contributed by atoms with Crippen LogP contribution in [0.1, 0.15) is 33.8 Å². The highest BCUT2D eigenvalue weighted by molar-refractivity contribution is 5.94. The van der Waals surface area contributed by atoms with E-state index in [1.165, 1.54) is 6.20 Å². The van der Waals surface area contributed by atoms with Gasteiger partial charge in [0.2, 0.25) is 0 Å². The average molecular weight is 312 g/mol. The van der Waals surface area contributed by atoms with Gasteiger partial charge in [0.05, 0.1) is 17.7 Å². The number of hydrogen-bond donors (Lipinski definition) is 3. The number of carbonyl (C=O) groups is 1. The smallest absolute Gasteiger partial charge is 0.253 e. The minimum absolute atomic E-state index is 0.125. The molecule has 1 aliphatic rings. The van der Waals surface area contributed by atoms with Gasteiger partial charge in [0.25, 0.3) is 5.91 Å². The molecule has 1 amide bonds. The summed E-state index contributed by atoms with van der Waals surface area (Å²) in [6.07, 6.45) is 1.67. The maximum Gasteiger partial charge on any atom is 0.253 e. The molecule has 0 saturated heterocycles. The Morgan fingerprint density at radius 3 is 2.78 bits per heavy atom. The minimum Gasteiger partial charge on any atom is -0.390 e. The number of aryl methyl sites for hydroxylation is 1. The van der Waals surface area contributed by atoms with Crippen LogP contribution in [0.2, 0.25) is 0 Å². The van der Waals surface area contributed by atoms with E-state index >= 15 is 0 Å². The topological polar surface area (TPSA) is 82.5 Å². The molecule has 2 aromatic rings. The van der Waals surface area contributed by atoms with Crippen molar-refractivity contribution in [3.8, 4) is 0 Å². The minimum atomic E-state index is -0.985. The second-order valence-electron chi connectivity index (χ2n) is 6.06. The summed E-state index contributed by atoms with van der Waals surface area (Å²) < 4.78 is 0. The summed E-state index contributed by atoms with van der Waals surface area (Å²) in [6, 6.07) is 10.8. The van der Waals surface area contributed by atoms with E-state index in [1.54, 1.807) is 18.3 Å². The molecule has 0 radical (unpaired) electrons. The quantitative estimate of drug-likeness (QED) is 0.800. The fourth-order valence-electron chi connectivity index (χ4n) is 3.19. The molecule has 0 spiro atoms. The van der Waals surface area contributed by atoms with Crippen LogP contribution in [0.3, 0.4) is 0 Å². The van der Waals surface area contributed by atoms with E-state index in [9.17, 15) is 15.0 Å². The molecule has 1 aromatic heterocycles. The molecule has 0 aliphatic heterocycles. The summed E-state index contributed by atoms with van der Waals surface area (Å²) in [5.74, 6) is -0.422. The van der Waals surface area contributed by atoms with E-state index in [2.05, 4.69) is 10.3 Å². The first-order valence-corrected chi connectivity index (χ1v) is 7.70. The third-order valence-corrected chi connectivity index (χ3v) is 4.38. The van der Waals surface area contributed by atoms with E-state index in [4.69, 9.17) is 0 Å². The SMILES string of the molecule is Cc1cccc(C2CC(O)C(O)C2NC(=O)c2cccnc2)c1. The summed E-state index contributed by atoms with van der Waals surface area (Å²) in [7, 11) is 0. The average Bonchev–Trinajstić information content (AvgIpc) is 2.84. The van der Waals surface area contributed by atoms with E-state index in [0.717, 1.165) is 11.1 Å². The van der Waals surface area contributed by atoms with Gasteiger partial charge in [0.15, 0.2) is 0 Å². The van der Waals surface area contributed by atoms with Gasteiger partial charge in [0, 0.05) is 18.3 Å². The van der Waals surface area contributed by atoms with Gasteiger partial charge in [-0.2, -0.15) is 0 Å². The first-order chi connectivity index (χ1) is 11.1. The Morgan fingerprint density at radius 2 is 2.09 bits per heavy atom. The zero-order valence-corrected chi connectivity index (χ0v) is 12.9. The number of amides is 1. The maximum atomic E-state index is 12.4. The normalized spacial score (nSPS) is 26.9. The number of aliphatic hydroxyl groups is 2. The molecule has 3 rings (SSSR count). The number of pyridine rings is 1. The molecule has 0 bridgehead atoms. The highest BCUT2D eigenvalue weighted by Gasteiger charge is 2.43. The molecule has 120 valence electrons. The zero-order chi connectivity index (χ0) is 16.4. The van der Waals surface area contributed by atoms with Crippen LogP contribution >= 0.6 is 0 Å². The van der Waals surface area contributed by atoms with E-state index in [1.807, 2.05) is 31.2 Å². The van der Waals surface area contributed by atoms with Gasteiger partial charge in [-0.25, -0.2) is 0 Å². The summed E-state index contributed by atoms with van der Waals surface area (Å²) in [4.78, 5) is 16.3. The highest BCUT2D eigenvalue weighted by atomic mass is 16.3. The van der Waals surface area contributed by atoms with Crippen molar-refractivity contribution in [2.75, 3.05) is 0 Å². The molecule has 3 N–H and O–H groups in total. The van der Waals surface area contributed by atoms with E-state index in [-0.39, 0.29) is 11.8 Å². The molecule has 4 atom stereocenters. The first kappa shape index (κ1) is 15.6. The van der Waals surface area contributed by atoms with Crippen LogP contribution in [0, 0.1) is 6.92 Å². The second kappa shape index (κ2) is 6.48. The lowest BCUT2D eigenvalue weighted by molar-refractivity contribution is 0.0294. The fourth-order valence-corrected chi connectivity index (χ4v) is 3.19. The molecule has 1 aliphatic carbocycles. The Bertz CT molecular complexity index is 690. The number of benzene rings is 1. The van der Waals surface area contributed by atoms with Gasteiger partial charge >= 0.3 is 0 Å². The Morgan fingerprint density at radius 1 is 1.26 bits per heavy atom. The van der Waals surface area contributed by atoms with Crippen LogP contribution < -0.4 is 5.32 Å². The van der Waals surface area contributed by atoms with Gasteiger partial charge < -0.3 is 15.5 Å². The van der Waals surface area contributed by atoms with Crippen molar-refractivity contribution in [3.63, 3.8) is 0 Å². The van der Waals surface area contributed by atoms with Crippen LogP contribution in [-0.2, 0) is 0 Å². The number of aliphatic hydroxyl groups excluding tert-OH is 2. The fraction of sp³-hybridized carbons (Fsp3) is 0.333. The van der Waals surface area contributed by atoms with Gasteiger partial charge in [-0.3, -0.25) is 9.78 Å². The summed E-state index contributed by atoms with van der Waals surface area (Å²) >= 11 is 0. The van der Waals surface area contributed by atoms with Crippen LogP contribution in [-0.4, -0.2) is 39.4 Å². The predicted molar refractivity (Wildman–Crippen MR) is 86.0 cm³/mol. The lowest BCUT2D eigenvalue weighted by Crippen LogP contribution is -2.45. The van der Waals surface area contributed by atoms with Crippen molar-refractivity contribution in [1.82, 2.24) is 10.3 Å². The first-order valence-electron chi connectivity index (χ1n) is 7.70. The highest BCUT2D eigenvalue weighted by Crippen LogP contribution is 2.35. The molecule has 1 heterocycles. The monoisotopic (exact) mass is 312 g/mol.